The molecule has 2 aliphatic rings. The Balaban J connectivity index is 1.90. The minimum Gasteiger partial charge on any atom is -0.299 e. The number of rotatable bonds is 4. The molecule has 0 amide bonds. The summed E-state index contributed by atoms with van der Waals surface area (Å²) in [5.41, 5.74) is -0.979. The lowest BCUT2D eigenvalue weighted by atomic mass is 9.70. The topological polar surface area (TPSA) is 63.2 Å². The number of carbonyl (C=O) groups is 1. The first-order valence-electron chi connectivity index (χ1n) is 7.67. The molecule has 2 aliphatic carbocycles. The largest absolute Gasteiger partial charge is 0.299 e. The Hall–Kier alpha value is -0.490. The number of Topliss-reactive ketones (excluding diaryl/α,β-unsaturated/α-hetero) is 1. The van der Waals surface area contributed by atoms with Gasteiger partial charge in [0.2, 0.25) is 10.0 Å². The molecular weight excluding hydrogens is 393 g/mol. The predicted octanol–water partition coefficient (Wildman–Crippen LogP) is 4.78. The third kappa shape index (κ3) is 2.74. The van der Waals surface area contributed by atoms with Gasteiger partial charge in [0.25, 0.3) is 0 Å². The number of sulfonamides is 1. The third-order valence-corrected chi connectivity index (χ3v) is 8.29. The first-order valence-corrected chi connectivity index (χ1v) is 10.5. The van der Waals surface area contributed by atoms with Crippen LogP contribution in [0.5, 0.6) is 0 Å². The lowest BCUT2D eigenvalue weighted by Crippen LogP contribution is -2.43. The molecule has 0 aliphatic heterocycles. The molecule has 0 spiro atoms. The number of ketones is 1. The highest BCUT2D eigenvalue weighted by Gasteiger charge is 2.65. The Bertz CT molecular complexity index is 822. The Kier molecular flexibility index (Phi) is 4.40. The highest BCUT2D eigenvalue weighted by molar-refractivity contribution is 7.92. The summed E-state index contributed by atoms with van der Waals surface area (Å²) in [7, 11) is -3.77. The molecule has 1 N–H and O–H groups in total. The zero-order valence-corrected chi connectivity index (χ0v) is 16.4. The van der Waals surface area contributed by atoms with Crippen molar-refractivity contribution in [3.05, 3.63) is 27.2 Å². The second-order valence-electron chi connectivity index (χ2n) is 7.27. The number of benzene rings is 1. The van der Waals surface area contributed by atoms with E-state index in [1.54, 1.807) is 0 Å². The molecule has 0 saturated heterocycles. The van der Waals surface area contributed by atoms with Gasteiger partial charge in [-0.2, -0.15) is 0 Å². The molecular formula is C16H18Cl3NO3S. The molecule has 3 rings (SSSR count). The Morgan fingerprint density at radius 1 is 1.17 bits per heavy atom. The molecule has 24 heavy (non-hydrogen) atoms. The van der Waals surface area contributed by atoms with Crippen molar-refractivity contribution < 1.29 is 13.2 Å². The number of nitrogens with one attached hydrogen (secondary N) is 1. The van der Waals surface area contributed by atoms with Crippen LogP contribution in [0.4, 0.5) is 5.69 Å². The molecule has 2 unspecified atom stereocenters. The van der Waals surface area contributed by atoms with E-state index in [-0.39, 0.29) is 43.6 Å². The van der Waals surface area contributed by atoms with Gasteiger partial charge >= 0.3 is 0 Å². The van der Waals surface area contributed by atoms with Gasteiger partial charge in [0, 0.05) is 6.42 Å². The van der Waals surface area contributed by atoms with Gasteiger partial charge in [-0.15, -0.1) is 0 Å². The summed E-state index contributed by atoms with van der Waals surface area (Å²) in [6, 6.07) is 2.76. The quantitative estimate of drug-likeness (QED) is 0.726. The van der Waals surface area contributed by atoms with Crippen molar-refractivity contribution in [1.82, 2.24) is 0 Å². The highest BCUT2D eigenvalue weighted by Crippen LogP contribution is 2.64. The Morgan fingerprint density at radius 3 is 2.33 bits per heavy atom. The van der Waals surface area contributed by atoms with Gasteiger partial charge in [-0.25, -0.2) is 8.42 Å². The van der Waals surface area contributed by atoms with E-state index in [2.05, 4.69) is 4.72 Å². The summed E-state index contributed by atoms with van der Waals surface area (Å²) in [6.07, 6.45) is 1.97. The van der Waals surface area contributed by atoms with Gasteiger partial charge in [-0.1, -0.05) is 48.7 Å². The molecule has 1 aromatic rings. The second kappa shape index (κ2) is 5.76. The molecule has 0 aromatic heterocycles. The molecule has 2 fully saturated rings. The van der Waals surface area contributed by atoms with Crippen molar-refractivity contribution in [1.29, 1.82) is 0 Å². The zero-order chi connectivity index (χ0) is 17.9. The maximum absolute atomic E-state index is 12.7. The van der Waals surface area contributed by atoms with Crippen molar-refractivity contribution in [2.75, 3.05) is 10.5 Å². The summed E-state index contributed by atoms with van der Waals surface area (Å²) in [5.74, 6) is 0.0713. The standard InChI is InChI=1S/C16H18Cl3NO3S/c1-15(2)9-3-4-16(15,14(21)5-9)8-24(22,23)20-13-7-11(18)10(17)6-12(13)19/h6-7,9,20H,3-5,8H2,1-2H3. The molecule has 2 atom stereocenters. The minimum atomic E-state index is -3.77. The number of hydrogen-bond donors (Lipinski definition) is 1. The van der Waals surface area contributed by atoms with Gasteiger partial charge in [-0.05, 0) is 36.3 Å². The maximum Gasteiger partial charge on any atom is 0.233 e. The fraction of sp³-hybridized carbons (Fsp3) is 0.562. The summed E-state index contributed by atoms with van der Waals surface area (Å²) in [4.78, 5) is 12.5. The van der Waals surface area contributed by atoms with Crippen LogP contribution in [0.2, 0.25) is 15.1 Å². The van der Waals surface area contributed by atoms with Crippen molar-refractivity contribution in [2.24, 2.45) is 16.7 Å². The minimum absolute atomic E-state index is 0.0503. The van der Waals surface area contributed by atoms with Crippen LogP contribution in [0.1, 0.15) is 33.1 Å². The highest BCUT2D eigenvalue weighted by atomic mass is 35.5. The van der Waals surface area contributed by atoms with Crippen molar-refractivity contribution in [3.63, 3.8) is 0 Å². The third-order valence-electron chi connectivity index (χ3n) is 5.85. The predicted molar refractivity (Wildman–Crippen MR) is 97.4 cm³/mol. The Morgan fingerprint density at radius 2 is 1.79 bits per heavy atom. The van der Waals surface area contributed by atoms with Crippen LogP contribution < -0.4 is 4.72 Å². The van der Waals surface area contributed by atoms with Gasteiger partial charge < -0.3 is 0 Å². The summed E-state index contributed by atoms with van der Waals surface area (Å²) in [5, 5.41) is 0.607. The van der Waals surface area contributed by atoms with E-state index in [1.165, 1.54) is 12.1 Å². The monoisotopic (exact) mass is 409 g/mol. The summed E-state index contributed by atoms with van der Waals surface area (Å²) >= 11 is 17.8. The van der Waals surface area contributed by atoms with Crippen LogP contribution in [0.3, 0.4) is 0 Å². The number of carbonyl (C=O) groups excluding carboxylic acids is 1. The smallest absolute Gasteiger partial charge is 0.233 e. The second-order valence-corrected chi connectivity index (χ2v) is 10.2. The van der Waals surface area contributed by atoms with Crippen molar-refractivity contribution >= 4 is 56.3 Å². The lowest BCUT2D eigenvalue weighted by Gasteiger charge is -2.36. The number of halogens is 3. The fourth-order valence-corrected chi connectivity index (χ4v) is 6.79. The average Bonchev–Trinajstić information content (AvgIpc) is 2.78. The first kappa shape index (κ1) is 18.3. The zero-order valence-electron chi connectivity index (χ0n) is 13.3. The number of anilines is 1. The average molecular weight is 411 g/mol. The summed E-state index contributed by atoms with van der Waals surface area (Å²) in [6.45, 7) is 3.99. The molecule has 2 bridgehead atoms. The van der Waals surface area contributed by atoms with E-state index in [0.717, 1.165) is 6.42 Å². The SMILES string of the molecule is CC1(C)C2CCC1(CS(=O)(=O)Nc1cc(Cl)c(Cl)cc1Cl)C(=O)C2. The van der Waals surface area contributed by atoms with Crippen LogP contribution in [0, 0.1) is 16.7 Å². The van der Waals surface area contributed by atoms with Gasteiger partial charge in [0.1, 0.15) is 5.78 Å². The number of fused-ring (bicyclic) bond motifs is 2. The van der Waals surface area contributed by atoms with E-state index >= 15 is 0 Å². The molecule has 1 aromatic carbocycles. The van der Waals surface area contributed by atoms with E-state index in [0.29, 0.717) is 12.8 Å². The van der Waals surface area contributed by atoms with Crippen LogP contribution in [0.25, 0.3) is 0 Å². The molecule has 8 heteroatoms. The molecule has 0 radical (unpaired) electrons. The lowest BCUT2D eigenvalue weighted by molar-refractivity contribution is -0.128. The van der Waals surface area contributed by atoms with Gasteiger partial charge in [-0.3, -0.25) is 9.52 Å². The maximum atomic E-state index is 12.7. The first-order chi connectivity index (χ1) is 11.0. The van der Waals surface area contributed by atoms with Gasteiger partial charge in [0.05, 0.1) is 31.9 Å². The fourth-order valence-electron chi connectivity index (χ4n) is 4.24. The van der Waals surface area contributed by atoms with Crippen molar-refractivity contribution in [2.45, 2.75) is 33.1 Å². The van der Waals surface area contributed by atoms with Crippen LogP contribution in [-0.2, 0) is 14.8 Å². The van der Waals surface area contributed by atoms with E-state index in [1.807, 2.05) is 13.8 Å². The van der Waals surface area contributed by atoms with Crippen LogP contribution in [-0.4, -0.2) is 20.0 Å². The molecule has 2 saturated carbocycles. The Labute approximate surface area is 156 Å². The van der Waals surface area contributed by atoms with Crippen LogP contribution >= 0.6 is 34.8 Å². The van der Waals surface area contributed by atoms with Gasteiger partial charge in [0.15, 0.2) is 0 Å². The molecule has 132 valence electrons. The molecule has 0 heterocycles. The van der Waals surface area contributed by atoms with E-state index in [9.17, 15) is 13.2 Å². The normalized spacial score (nSPS) is 28.4. The van der Waals surface area contributed by atoms with E-state index < -0.39 is 15.4 Å². The number of hydrogen-bond acceptors (Lipinski definition) is 3. The van der Waals surface area contributed by atoms with Crippen LogP contribution in [0.15, 0.2) is 12.1 Å². The molecule has 4 nitrogen and oxygen atoms in total. The van der Waals surface area contributed by atoms with Crippen molar-refractivity contribution in [3.8, 4) is 0 Å². The van der Waals surface area contributed by atoms with E-state index in [4.69, 9.17) is 34.8 Å². The summed E-state index contributed by atoms with van der Waals surface area (Å²) < 4.78 is 27.9.